The molecular formula is C24H24FN3O2. The summed E-state index contributed by atoms with van der Waals surface area (Å²) in [5, 5.41) is 4.64. The number of carbonyl (C=O) groups excluding carboxylic acids is 2. The maximum Gasteiger partial charge on any atom is 0.254 e. The highest BCUT2D eigenvalue weighted by atomic mass is 19.1. The lowest BCUT2D eigenvalue weighted by Crippen LogP contribution is -2.49. The molecule has 1 fully saturated rings. The minimum atomic E-state index is -0.439. The van der Waals surface area contributed by atoms with Crippen molar-refractivity contribution in [1.29, 1.82) is 0 Å². The van der Waals surface area contributed by atoms with Gasteiger partial charge in [-0.15, -0.1) is 0 Å². The van der Waals surface area contributed by atoms with E-state index < -0.39 is 5.82 Å². The first-order valence-corrected chi connectivity index (χ1v) is 10.2. The SMILES string of the molecule is O=C(CCN1CCN(C(=O)c2cccc3ccccc23)CC1)Nc1ccccc1F. The molecule has 2 amide bonds. The van der Waals surface area contributed by atoms with E-state index in [1.165, 1.54) is 6.07 Å². The first-order valence-electron chi connectivity index (χ1n) is 10.2. The maximum atomic E-state index is 13.6. The zero-order valence-corrected chi connectivity index (χ0v) is 16.7. The predicted octanol–water partition coefficient (Wildman–Crippen LogP) is 3.77. The van der Waals surface area contributed by atoms with Crippen LogP contribution in [0.1, 0.15) is 16.8 Å². The molecule has 6 heteroatoms. The predicted molar refractivity (Wildman–Crippen MR) is 116 cm³/mol. The van der Waals surface area contributed by atoms with Crippen LogP contribution >= 0.6 is 0 Å². The highest BCUT2D eigenvalue weighted by Crippen LogP contribution is 2.21. The summed E-state index contributed by atoms with van der Waals surface area (Å²) in [6.07, 6.45) is 0.283. The van der Waals surface area contributed by atoms with E-state index in [9.17, 15) is 14.0 Å². The number of halogens is 1. The van der Waals surface area contributed by atoms with Gasteiger partial charge in [-0.1, -0.05) is 48.5 Å². The van der Waals surface area contributed by atoms with Crippen LogP contribution in [0, 0.1) is 5.82 Å². The van der Waals surface area contributed by atoms with Gasteiger partial charge in [0.05, 0.1) is 5.69 Å². The number of benzene rings is 3. The summed E-state index contributed by atoms with van der Waals surface area (Å²) in [6.45, 7) is 3.25. The first-order chi connectivity index (χ1) is 14.6. The van der Waals surface area contributed by atoms with Crippen LogP contribution in [0.5, 0.6) is 0 Å². The Kier molecular flexibility index (Phi) is 6.05. The van der Waals surface area contributed by atoms with E-state index in [4.69, 9.17) is 0 Å². The van der Waals surface area contributed by atoms with Crippen LogP contribution in [-0.4, -0.2) is 54.3 Å². The van der Waals surface area contributed by atoms with Crippen molar-refractivity contribution in [1.82, 2.24) is 9.80 Å². The Balaban J connectivity index is 1.29. The lowest BCUT2D eigenvalue weighted by atomic mass is 10.0. The van der Waals surface area contributed by atoms with Crippen molar-refractivity contribution in [2.24, 2.45) is 0 Å². The fourth-order valence-corrected chi connectivity index (χ4v) is 3.79. The highest BCUT2D eigenvalue weighted by Gasteiger charge is 2.23. The van der Waals surface area contributed by atoms with Crippen LogP contribution < -0.4 is 5.32 Å². The molecule has 30 heavy (non-hydrogen) atoms. The molecule has 0 unspecified atom stereocenters. The highest BCUT2D eigenvalue weighted by molar-refractivity contribution is 6.07. The summed E-state index contributed by atoms with van der Waals surface area (Å²) >= 11 is 0. The summed E-state index contributed by atoms with van der Waals surface area (Å²) in [4.78, 5) is 29.2. The Morgan fingerprint density at radius 2 is 1.57 bits per heavy atom. The number of nitrogens with one attached hydrogen (secondary N) is 1. The monoisotopic (exact) mass is 405 g/mol. The van der Waals surface area contributed by atoms with Gasteiger partial charge in [0.1, 0.15) is 5.82 Å². The quantitative estimate of drug-likeness (QED) is 0.703. The van der Waals surface area contributed by atoms with E-state index >= 15 is 0 Å². The third-order valence-corrected chi connectivity index (χ3v) is 5.48. The van der Waals surface area contributed by atoms with E-state index in [2.05, 4.69) is 10.2 Å². The van der Waals surface area contributed by atoms with E-state index in [1.807, 2.05) is 47.4 Å². The Labute approximate surface area is 175 Å². The summed E-state index contributed by atoms with van der Waals surface area (Å²) in [6, 6.07) is 19.9. The van der Waals surface area contributed by atoms with Gasteiger partial charge in [-0.3, -0.25) is 14.5 Å². The van der Waals surface area contributed by atoms with Crippen LogP contribution in [0.25, 0.3) is 10.8 Å². The Morgan fingerprint density at radius 3 is 2.37 bits per heavy atom. The maximum absolute atomic E-state index is 13.6. The van der Waals surface area contributed by atoms with Crippen molar-refractivity contribution >= 4 is 28.3 Å². The van der Waals surface area contributed by atoms with Gasteiger partial charge in [0.25, 0.3) is 5.91 Å². The standard InChI is InChI=1S/C24H24FN3O2/c25-21-10-3-4-11-22(21)26-23(29)12-13-27-14-16-28(17-15-27)24(30)20-9-5-7-18-6-1-2-8-19(18)20/h1-11H,12-17H2,(H,26,29). The summed E-state index contributed by atoms with van der Waals surface area (Å²) in [5.41, 5.74) is 0.929. The molecule has 3 aromatic rings. The van der Waals surface area contributed by atoms with Crippen molar-refractivity contribution in [3.8, 4) is 0 Å². The van der Waals surface area contributed by atoms with E-state index in [0.29, 0.717) is 32.7 Å². The largest absolute Gasteiger partial charge is 0.336 e. The smallest absolute Gasteiger partial charge is 0.254 e. The molecule has 0 radical (unpaired) electrons. The number of anilines is 1. The van der Waals surface area contributed by atoms with Gasteiger partial charge in [0.2, 0.25) is 5.91 Å². The van der Waals surface area contributed by atoms with Gasteiger partial charge in [0.15, 0.2) is 0 Å². The molecule has 0 spiro atoms. The molecule has 1 aliphatic heterocycles. The van der Waals surface area contributed by atoms with Crippen LogP contribution in [0.2, 0.25) is 0 Å². The van der Waals surface area contributed by atoms with Gasteiger partial charge >= 0.3 is 0 Å². The number of rotatable bonds is 5. The molecular weight excluding hydrogens is 381 g/mol. The molecule has 0 atom stereocenters. The molecule has 0 bridgehead atoms. The second kappa shape index (κ2) is 9.05. The number of carbonyl (C=O) groups is 2. The van der Waals surface area contributed by atoms with Crippen molar-refractivity contribution in [3.05, 3.63) is 78.1 Å². The summed E-state index contributed by atoms with van der Waals surface area (Å²) < 4.78 is 13.6. The molecule has 1 saturated heterocycles. The second-order valence-corrected chi connectivity index (χ2v) is 7.44. The molecule has 0 saturated carbocycles. The molecule has 3 aromatic carbocycles. The van der Waals surface area contributed by atoms with Gasteiger partial charge in [0, 0.05) is 44.7 Å². The topological polar surface area (TPSA) is 52.7 Å². The number of hydrogen-bond acceptors (Lipinski definition) is 3. The van der Waals surface area contributed by atoms with Crippen LogP contribution in [0.4, 0.5) is 10.1 Å². The Bertz CT molecular complexity index is 1060. The average Bonchev–Trinajstić information content (AvgIpc) is 2.79. The molecule has 1 aliphatic rings. The van der Waals surface area contributed by atoms with E-state index in [-0.39, 0.29) is 23.9 Å². The molecule has 1 N–H and O–H groups in total. The van der Waals surface area contributed by atoms with Crippen molar-refractivity contribution in [2.75, 3.05) is 38.0 Å². The Morgan fingerprint density at radius 1 is 0.867 bits per heavy atom. The van der Waals surface area contributed by atoms with Crippen molar-refractivity contribution < 1.29 is 14.0 Å². The number of nitrogens with zero attached hydrogens (tertiary/aromatic N) is 2. The molecule has 5 nitrogen and oxygen atoms in total. The molecule has 0 aromatic heterocycles. The number of piperazine rings is 1. The van der Waals surface area contributed by atoms with Gasteiger partial charge in [-0.25, -0.2) is 4.39 Å². The molecule has 4 rings (SSSR count). The lowest BCUT2D eigenvalue weighted by Gasteiger charge is -2.34. The fourth-order valence-electron chi connectivity index (χ4n) is 3.79. The van der Waals surface area contributed by atoms with E-state index in [0.717, 1.165) is 16.3 Å². The third kappa shape index (κ3) is 4.49. The summed E-state index contributed by atoms with van der Waals surface area (Å²) in [7, 11) is 0. The minimum absolute atomic E-state index is 0.0451. The number of amides is 2. The minimum Gasteiger partial charge on any atom is -0.336 e. The van der Waals surface area contributed by atoms with Gasteiger partial charge in [-0.2, -0.15) is 0 Å². The first kappa shape index (κ1) is 20.0. The van der Waals surface area contributed by atoms with Crippen LogP contribution in [-0.2, 0) is 4.79 Å². The van der Waals surface area contributed by atoms with Crippen molar-refractivity contribution in [3.63, 3.8) is 0 Å². The Hall–Kier alpha value is -3.25. The molecule has 1 heterocycles. The molecule has 154 valence electrons. The number of fused-ring (bicyclic) bond motifs is 1. The van der Waals surface area contributed by atoms with Gasteiger partial charge in [-0.05, 0) is 29.0 Å². The lowest BCUT2D eigenvalue weighted by molar-refractivity contribution is -0.116. The van der Waals surface area contributed by atoms with E-state index in [1.54, 1.807) is 18.2 Å². The zero-order valence-electron chi connectivity index (χ0n) is 16.7. The number of para-hydroxylation sites is 1. The third-order valence-electron chi connectivity index (χ3n) is 5.48. The molecule has 0 aliphatic carbocycles. The number of hydrogen-bond donors (Lipinski definition) is 1. The van der Waals surface area contributed by atoms with Crippen molar-refractivity contribution in [2.45, 2.75) is 6.42 Å². The second-order valence-electron chi connectivity index (χ2n) is 7.44. The van der Waals surface area contributed by atoms with Crippen LogP contribution in [0.3, 0.4) is 0 Å². The zero-order chi connectivity index (χ0) is 20.9. The average molecular weight is 405 g/mol. The van der Waals surface area contributed by atoms with Crippen LogP contribution in [0.15, 0.2) is 66.7 Å². The normalized spacial score (nSPS) is 14.6. The fraction of sp³-hybridized carbons (Fsp3) is 0.250. The summed E-state index contributed by atoms with van der Waals surface area (Å²) in [5.74, 6) is -0.607. The van der Waals surface area contributed by atoms with Gasteiger partial charge < -0.3 is 10.2 Å².